The molecule has 0 aromatic heterocycles. The van der Waals surface area contributed by atoms with Crippen molar-refractivity contribution >= 4 is 27.3 Å². The molecule has 1 heterocycles. The van der Waals surface area contributed by atoms with Gasteiger partial charge >= 0.3 is 0 Å². The minimum absolute atomic E-state index is 0.0508. The van der Waals surface area contributed by atoms with E-state index in [1.165, 1.54) is 13.2 Å². The van der Waals surface area contributed by atoms with E-state index in [0.29, 0.717) is 18.7 Å². The highest BCUT2D eigenvalue weighted by molar-refractivity contribution is 7.92. The van der Waals surface area contributed by atoms with Crippen LogP contribution in [-0.2, 0) is 14.8 Å². The summed E-state index contributed by atoms with van der Waals surface area (Å²) in [6, 6.07) is 8.23. The predicted octanol–water partition coefficient (Wildman–Crippen LogP) is 3.07. The van der Waals surface area contributed by atoms with Crippen molar-refractivity contribution in [3.63, 3.8) is 0 Å². The van der Waals surface area contributed by atoms with Gasteiger partial charge < -0.3 is 9.64 Å². The molecule has 1 amide bonds. The van der Waals surface area contributed by atoms with Crippen molar-refractivity contribution in [2.75, 3.05) is 23.3 Å². The molecule has 8 heteroatoms. The number of halogens is 1. The monoisotopic (exact) mass is 378 g/mol. The number of rotatable bonds is 5. The summed E-state index contributed by atoms with van der Waals surface area (Å²) in [5.74, 6) is -0.564. The lowest BCUT2D eigenvalue weighted by molar-refractivity contribution is -0.117. The molecule has 0 spiro atoms. The quantitative estimate of drug-likeness (QED) is 0.868. The molecule has 3 rings (SSSR count). The van der Waals surface area contributed by atoms with Crippen molar-refractivity contribution in [1.29, 1.82) is 0 Å². The lowest BCUT2D eigenvalue weighted by atomic mass is 10.1. The molecular formula is C18H19FN2O4S. The summed E-state index contributed by atoms with van der Waals surface area (Å²) < 4.78 is 46.2. The molecule has 2 aromatic rings. The lowest BCUT2D eigenvalue weighted by Gasteiger charge is -2.19. The second-order valence-corrected chi connectivity index (χ2v) is 7.70. The first kappa shape index (κ1) is 18.2. The first-order valence-corrected chi connectivity index (χ1v) is 9.57. The number of hydrogen-bond acceptors (Lipinski definition) is 4. The van der Waals surface area contributed by atoms with E-state index < -0.39 is 15.8 Å². The number of ether oxygens (including phenoxy) is 1. The zero-order chi connectivity index (χ0) is 18.9. The summed E-state index contributed by atoms with van der Waals surface area (Å²) in [6.07, 6.45) is 1.33. The fourth-order valence-corrected chi connectivity index (χ4v) is 4.23. The molecule has 0 saturated carbocycles. The van der Waals surface area contributed by atoms with E-state index in [2.05, 4.69) is 4.72 Å². The molecule has 1 N–H and O–H groups in total. The Bertz CT molecular complexity index is 960. The molecule has 0 bridgehead atoms. The third-order valence-corrected chi connectivity index (χ3v) is 5.63. The molecule has 1 fully saturated rings. The fourth-order valence-electron chi connectivity index (χ4n) is 3.00. The largest absolute Gasteiger partial charge is 0.495 e. The summed E-state index contributed by atoms with van der Waals surface area (Å²) >= 11 is 0. The van der Waals surface area contributed by atoms with Crippen LogP contribution in [0.4, 0.5) is 15.8 Å². The Balaban J connectivity index is 1.90. The van der Waals surface area contributed by atoms with E-state index in [0.717, 1.165) is 29.8 Å². The number of hydrogen-bond donors (Lipinski definition) is 1. The van der Waals surface area contributed by atoms with Gasteiger partial charge in [-0.3, -0.25) is 9.52 Å². The average Bonchev–Trinajstić information content (AvgIpc) is 3.00. The van der Waals surface area contributed by atoms with Gasteiger partial charge in [0, 0.05) is 24.3 Å². The molecule has 0 atom stereocenters. The summed E-state index contributed by atoms with van der Waals surface area (Å²) in [5.41, 5.74) is 1.86. The Labute approximate surface area is 151 Å². The number of carbonyl (C=O) groups excluding carboxylic acids is 1. The highest BCUT2D eigenvalue weighted by Gasteiger charge is 2.24. The first-order valence-electron chi connectivity index (χ1n) is 8.09. The van der Waals surface area contributed by atoms with Crippen LogP contribution in [0.25, 0.3) is 0 Å². The van der Waals surface area contributed by atoms with Crippen LogP contribution in [-0.4, -0.2) is 28.0 Å². The number of anilines is 2. The second-order valence-electron chi connectivity index (χ2n) is 6.05. The van der Waals surface area contributed by atoms with Crippen LogP contribution < -0.4 is 14.4 Å². The molecule has 1 aliphatic heterocycles. The van der Waals surface area contributed by atoms with Crippen LogP contribution >= 0.6 is 0 Å². The molecule has 2 aromatic carbocycles. The summed E-state index contributed by atoms with van der Waals surface area (Å²) in [6.45, 7) is 2.47. The standard InChI is InChI=1S/C18H19FN2O4S/c1-12-10-14(6-7-15(12)21-9-3-4-18(21)22)20-26(23,24)17-11-13(19)5-8-16(17)25-2/h5-8,10-11,20H,3-4,9H2,1-2H3. The molecule has 0 unspecified atom stereocenters. The van der Waals surface area contributed by atoms with Crippen LogP contribution in [0, 0.1) is 12.7 Å². The molecule has 1 aliphatic rings. The van der Waals surface area contributed by atoms with Gasteiger partial charge in [-0.2, -0.15) is 0 Å². The van der Waals surface area contributed by atoms with Gasteiger partial charge in [0.15, 0.2) is 0 Å². The van der Waals surface area contributed by atoms with Gasteiger partial charge in [0.1, 0.15) is 16.5 Å². The number of methoxy groups -OCH3 is 1. The van der Waals surface area contributed by atoms with Gasteiger partial charge in [-0.05, 0) is 55.3 Å². The molecular weight excluding hydrogens is 359 g/mol. The van der Waals surface area contributed by atoms with Crippen molar-refractivity contribution < 1.29 is 22.3 Å². The van der Waals surface area contributed by atoms with Gasteiger partial charge in [-0.15, -0.1) is 0 Å². The highest BCUT2D eigenvalue weighted by Crippen LogP contribution is 2.30. The third kappa shape index (κ3) is 3.50. The van der Waals surface area contributed by atoms with E-state index >= 15 is 0 Å². The van der Waals surface area contributed by atoms with Gasteiger partial charge in [0.2, 0.25) is 5.91 Å². The Morgan fingerprint density at radius 3 is 2.58 bits per heavy atom. The number of amides is 1. The number of nitrogens with zero attached hydrogens (tertiary/aromatic N) is 1. The molecule has 0 radical (unpaired) electrons. The summed E-state index contributed by atoms with van der Waals surface area (Å²) in [7, 11) is -2.72. The van der Waals surface area contributed by atoms with Gasteiger partial charge in [0.05, 0.1) is 7.11 Å². The number of benzene rings is 2. The predicted molar refractivity (Wildman–Crippen MR) is 96.5 cm³/mol. The first-order chi connectivity index (χ1) is 12.3. The van der Waals surface area contributed by atoms with E-state index in [-0.39, 0.29) is 16.6 Å². The summed E-state index contributed by atoms with van der Waals surface area (Å²) in [4.78, 5) is 13.3. The maximum absolute atomic E-state index is 13.5. The van der Waals surface area contributed by atoms with E-state index in [4.69, 9.17) is 4.74 Å². The van der Waals surface area contributed by atoms with Crippen LogP contribution in [0.1, 0.15) is 18.4 Å². The maximum atomic E-state index is 13.5. The maximum Gasteiger partial charge on any atom is 0.265 e. The zero-order valence-corrected chi connectivity index (χ0v) is 15.3. The Kier molecular flexibility index (Phi) is 4.86. The van der Waals surface area contributed by atoms with E-state index in [1.54, 1.807) is 23.1 Å². The number of sulfonamides is 1. The molecule has 0 aliphatic carbocycles. The fraction of sp³-hybridized carbons (Fsp3) is 0.278. The van der Waals surface area contributed by atoms with Crippen molar-refractivity contribution in [3.8, 4) is 5.75 Å². The van der Waals surface area contributed by atoms with Crippen molar-refractivity contribution in [1.82, 2.24) is 0 Å². The number of aryl methyl sites for hydroxylation is 1. The Morgan fingerprint density at radius 2 is 1.96 bits per heavy atom. The third-order valence-electron chi connectivity index (χ3n) is 4.23. The number of nitrogens with one attached hydrogen (secondary N) is 1. The average molecular weight is 378 g/mol. The van der Waals surface area contributed by atoms with Gasteiger partial charge in [0.25, 0.3) is 10.0 Å². The van der Waals surface area contributed by atoms with Crippen LogP contribution in [0.3, 0.4) is 0 Å². The molecule has 138 valence electrons. The second kappa shape index (κ2) is 6.95. The van der Waals surface area contributed by atoms with Crippen molar-refractivity contribution in [3.05, 3.63) is 47.8 Å². The topological polar surface area (TPSA) is 75.7 Å². The normalized spacial score (nSPS) is 14.6. The van der Waals surface area contributed by atoms with Crippen LogP contribution in [0.15, 0.2) is 41.3 Å². The minimum Gasteiger partial charge on any atom is -0.495 e. The number of carbonyl (C=O) groups is 1. The SMILES string of the molecule is COc1ccc(F)cc1S(=O)(=O)Nc1ccc(N2CCCC2=O)c(C)c1. The zero-order valence-electron chi connectivity index (χ0n) is 14.5. The van der Waals surface area contributed by atoms with E-state index in [1.807, 2.05) is 6.92 Å². The Hall–Kier alpha value is -2.61. The smallest absolute Gasteiger partial charge is 0.265 e. The summed E-state index contributed by atoms with van der Waals surface area (Å²) in [5, 5.41) is 0. The lowest BCUT2D eigenvalue weighted by Crippen LogP contribution is -2.24. The van der Waals surface area contributed by atoms with Gasteiger partial charge in [-0.25, -0.2) is 12.8 Å². The van der Waals surface area contributed by atoms with Crippen molar-refractivity contribution in [2.24, 2.45) is 0 Å². The highest BCUT2D eigenvalue weighted by atomic mass is 32.2. The Morgan fingerprint density at radius 1 is 1.19 bits per heavy atom. The van der Waals surface area contributed by atoms with E-state index in [9.17, 15) is 17.6 Å². The van der Waals surface area contributed by atoms with Crippen molar-refractivity contribution in [2.45, 2.75) is 24.7 Å². The minimum atomic E-state index is -4.03. The molecule has 26 heavy (non-hydrogen) atoms. The van der Waals surface area contributed by atoms with Crippen LogP contribution in [0.5, 0.6) is 5.75 Å². The molecule has 6 nitrogen and oxygen atoms in total. The molecule has 1 saturated heterocycles. The van der Waals surface area contributed by atoms with Gasteiger partial charge in [-0.1, -0.05) is 0 Å². The van der Waals surface area contributed by atoms with Crippen LogP contribution in [0.2, 0.25) is 0 Å².